The van der Waals surface area contributed by atoms with E-state index < -0.39 is 21.9 Å². The van der Waals surface area contributed by atoms with Gasteiger partial charge in [0.2, 0.25) is 10.0 Å². The average molecular weight is 401 g/mol. The highest BCUT2D eigenvalue weighted by Crippen LogP contribution is 2.29. The predicted molar refractivity (Wildman–Crippen MR) is 92.3 cm³/mol. The van der Waals surface area contributed by atoms with Crippen LogP contribution in [0.1, 0.15) is 24.0 Å². The number of halogens is 3. The Morgan fingerprint density at radius 1 is 1.28 bits per heavy atom. The quantitative estimate of drug-likeness (QED) is 0.328. The van der Waals surface area contributed by atoms with Crippen molar-refractivity contribution in [2.24, 2.45) is 4.99 Å². The third-order valence-electron chi connectivity index (χ3n) is 3.05. The molecule has 7 nitrogen and oxygen atoms in total. The van der Waals surface area contributed by atoms with Gasteiger partial charge in [-0.15, -0.1) is 11.3 Å². The zero-order valence-electron chi connectivity index (χ0n) is 14.0. The molecule has 0 fully saturated rings. The SMILES string of the molecule is CCS(=O)(=O)NCCCNC(=NC)NCCc1nc(C(F)(F)F)cs1. The molecule has 25 heavy (non-hydrogen) atoms. The van der Waals surface area contributed by atoms with Crippen LogP contribution in [0.4, 0.5) is 13.2 Å². The highest BCUT2D eigenvalue weighted by molar-refractivity contribution is 7.89. The lowest BCUT2D eigenvalue weighted by Gasteiger charge is -2.11. The molecular weight excluding hydrogens is 379 g/mol. The molecule has 0 aromatic carbocycles. The van der Waals surface area contributed by atoms with Gasteiger partial charge in [-0.2, -0.15) is 13.2 Å². The standard InChI is InChI=1S/C13H22F3N5O2S2/c1-3-25(22,23)20-7-4-6-18-12(17-2)19-8-5-11-21-10(9-24-11)13(14,15)16/h9,20H,3-8H2,1-2H3,(H2,17,18,19). The number of sulfonamides is 1. The van der Waals surface area contributed by atoms with E-state index in [1.54, 1.807) is 14.0 Å². The molecule has 0 aliphatic rings. The van der Waals surface area contributed by atoms with Crippen LogP contribution in [0.25, 0.3) is 0 Å². The van der Waals surface area contributed by atoms with Crippen LogP contribution in [0.15, 0.2) is 10.4 Å². The first kappa shape index (κ1) is 21.6. The molecule has 1 aromatic rings. The summed E-state index contributed by atoms with van der Waals surface area (Å²) in [4.78, 5) is 7.53. The Balaban J connectivity index is 2.25. The fourth-order valence-corrected chi connectivity index (χ4v) is 3.15. The van der Waals surface area contributed by atoms with E-state index in [9.17, 15) is 21.6 Å². The Morgan fingerprint density at radius 3 is 2.52 bits per heavy atom. The van der Waals surface area contributed by atoms with Gasteiger partial charge < -0.3 is 10.6 Å². The van der Waals surface area contributed by atoms with E-state index in [-0.39, 0.29) is 5.75 Å². The van der Waals surface area contributed by atoms with Crippen molar-refractivity contribution in [2.45, 2.75) is 25.9 Å². The van der Waals surface area contributed by atoms with Crippen molar-refractivity contribution in [1.82, 2.24) is 20.3 Å². The second-order valence-electron chi connectivity index (χ2n) is 4.95. The maximum absolute atomic E-state index is 12.5. The topological polar surface area (TPSA) is 95.5 Å². The Morgan fingerprint density at radius 2 is 1.96 bits per heavy atom. The van der Waals surface area contributed by atoms with Crippen molar-refractivity contribution in [3.05, 3.63) is 16.1 Å². The van der Waals surface area contributed by atoms with Crippen molar-refractivity contribution in [3.8, 4) is 0 Å². The normalized spacial score (nSPS) is 13.1. The van der Waals surface area contributed by atoms with Gasteiger partial charge in [0.1, 0.15) is 0 Å². The molecule has 0 unspecified atom stereocenters. The lowest BCUT2D eigenvalue weighted by atomic mass is 10.4. The second kappa shape index (κ2) is 9.92. The van der Waals surface area contributed by atoms with Gasteiger partial charge in [-0.05, 0) is 13.3 Å². The minimum absolute atomic E-state index is 0.0382. The van der Waals surface area contributed by atoms with E-state index in [2.05, 4.69) is 25.3 Å². The molecule has 1 aromatic heterocycles. The first-order valence-corrected chi connectivity index (χ1v) is 10.1. The average Bonchev–Trinajstić information content (AvgIpc) is 3.02. The van der Waals surface area contributed by atoms with Crippen LogP contribution in [0.2, 0.25) is 0 Å². The molecule has 0 saturated heterocycles. The van der Waals surface area contributed by atoms with Crippen LogP contribution in [-0.2, 0) is 22.6 Å². The summed E-state index contributed by atoms with van der Waals surface area (Å²) in [5.41, 5.74) is -0.871. The Labute approximate surface area is 149 Å². The van der Waals surface area contributed by atoms with Gasteiger partial charge in [0, 0.05) is 38.5 Å². The third kappa shape index (κ3) is 8.50. The molecule has 0 saturated carbocycles. The largest absolute Gasteiger partial charge is 0.434 e. The highest BCUT2D eigenvalue weighted by atomic mass is 32.2. The van der Waals surface area contributed by atoms with Gasteiger partial charge in [-0.3, -0.25) is 4.99 Å². The molecule has 0 atom stereocenters. The van der Waals surface area contributed by atoms with Gasteiger partial charge in [0.05, 0.1) is 10.8 Å². The molecule has 0 spiro atoms. The number of aromatic nitrogens is 1. The van der Waals surface area contributed by atoms with Crippen LogP contribution in [0.3, 0.4) is 0 Å². The maximum atomic E-state index is 12.5. The zero-order valence-corrected chi connectivity index (χ0v) is 15.6. The number of hydrogen-bond acceptors (Lipinski definition) is 5. The summed E-state index contributed by atoms with van der Waals surface area (Å²) in [6.07, 6.45) is -3.50. The summed E-state index contributed by atoms with van der Waals surface area (Å²) in [6.45, 7) is 2.76. The first-order chi connectivity index (χ1) is 11.7. The minimum Gasteiger partial charge on any atom is -0.356 e. The van der Waals surface area contributed by atoms with Crippen molar-refractivity contribution in [2.75, 3.05) is 32.4 Å². The van der Waals surface area contributed by atoms with Gasteiger partial charge in [0.15, 0.2) is 11.7 Å². The van der Waals surface area contributed by atoms with Gasteiger partial charge in [-0.25, -0.2) is 18.1 Å². The number of thiazole rings is 1. The fourth-order valence-electron chi connectivity index (χ4n) is 1.69. The van der Waals surface area contributed by atoms with Crippen molar-refractivity contribution in [1.29, 1.82) is 0 Å². The molecular formula is C13H22F3N5O2S2. The van der Waals surface area contributed by atoms with Crippen LogP contribution in [0.5, 0.6) is 0 Å². The second-order valence-corrected chi connectivity index (χ2v) is 7.99. The van der Waals surface area contributed by atoms with Gasteiger partial charge >= 0.3 is 6.18 Å². The first-order valence-electron chi connectivity index (χ1n) is 7.61. The summed E-state index contributed by atoms with van der Waals surface area (Å²) >= 11 is 0.968. The fraction of sp³-hybridized carbons (Fsp3) is 0.692. The van der Waals surface area contributed by atoms with Gasteiger partial charge in [0.25, 0.3) is 0 Å². The van der Waals surface area contributed by atoms with E-state index in [1.807, 2.05) is 0 Å². The minimum atomic E-state index is -4.42. The molecule has 0 amide bonds. The number of nitrogens with zero attached hydrogens (tertiary/aromatic N) is 2. The Bertz CT molecular complexity index is 659. The van der Waals surface area contributed by atoms with Crippen molar-refractivity contribution >= 4 is 27.3 Å². The van der Waals surface area contributed by atoms with E-state index in [1.165, 1.54) is 0 Å². The smallest absolute Gasteiger partial charge is 0.356 e. The monoisotopic (exact) mass is 401 g/mol. The summed E-state index contributed by atoms with van der Waals surface area (Å²) in [7, 11) is -1.62. The summed E-state index contributed by atoms with van der Waals surface area (Å²) in [6, 6.07) is 0. The summed E-state index contributed by atoms with van der Waals surface area (Å²) < 4.78 is 62.3. The number of guanidine groups is 1. The Kier molecular flexibility index (Phi) is 8.59. The number of nitrogens with one attached hydrogen (secondary N) is 3. The zero-order chi connectivity index (χ0) is 18.9. The number of hydrogen-bond donors (Lipinski definition) is 3. The molecule has 12 heteroatoms. The van der Waals surface area contributed by atoms with Crippen LogP contribution in [0, 0.1) is 0 Å². The molecule has 0 aliphatic heterocycles. The van der Waals surface area contributed by atoms with Crippen molar-refractivity contribution < 1.29 is 21.6 Å². The van der Waals surface area contributed by atoms with E-state index >= 15 is 0 Å². The molecule has 144 valence electrons. The molecule has 3 N–H and O–H groups in total. The van der Waals surface area contributed by atoms with Gasteiger partial charge in [-0.1, -0.05) is 0 Å². The number of rotatable bonds is 9. The van der Waals surface area contributed by atoms with Crippen LogP contribution >= 0.6 is 11.3 Å². The highest BCUT2D eigenvalue weighted by Gasteiger charge is 2.33. The van der Waals surface area contributed by atoms with E-state index in [4.69, 9.17) is 0 Å². The van der Waals surface area contributed by atoms with E-state index in [0.29, 0.717) is 43.4 Å². The maximum Gasteiger partial charge on any atom is 0.434 e. The third-order valence-corrected chi connectivity index (χ3v) is 5.36. The van der Waals surface area contributed by atoms with Crippen molar-refractivity contribution in [3.63, 3.8) is 0 Å². The molecule has 0 aliphatic carbocycles. The lowest BCUT2D eigenvalue weighted by molar-refractivity contribution is -0.140. The molecule has 0 radical (unpaired) electrons. The van der Waals surface area contributed by atoms with E-state index in [0.717, 1.165) is 16.7 Å². The van der Waals surface area contributed by atoms with Crippen LogP contribution < -0.4 is 15.4 Å². The predicted octanol–water partition coefficient (Wildman–Crippen LogP) is 1.20. The Hall–Kier alpha value is -1.40. The number of alkyl halides is 3. The molecule has 1 heterocycles. The van der Waals surface area contributed by atoms with Crippen LogP contribution in [-0.4, -0.2) is 51.8 Å². The summed E-state index contributed by atoms with van der Waals surface area (Å²) in [5.74, 6) is 0.530. The summed E-state index contributed by atoms with van der Waals surface area (Å²) in [5, 5.41) is 7.36. The molecule has 0 bridgehead atoms. The molecule has 1 rings (SSSR count). The lowest BCUT2D eigenvalue weighted by Crippen LogP contribution is -2.39. The number of aliphatic imine (C=N–C) groups is 1.